The zero-order chi connectivity index (χ0) is 15.1. The van der Waals surface area contributed by atoms with E-state index in [1.54, 1.807) is 0 Å². The van der Waals surface area contributed by atoms with Gasteiger partial charge < -0.3 is 4.74 Å². The van der Waals surface area contributed by atoms with Crippen LogP contribution in [0.2, 0.25) is 0 Å². The van der Waals surface area contributed by atoms with Crippen LogP contribution in [0.3, 0.4) is 0 Å². The summed E-state index contributed by atoms with van der Waals surface area (Å²) in [6.07, 6.45) is -12.5. The van der Waals surface area contributed by atoms with Crippen molar-refractivity contribution in [3.05, 3.63) is 0 Å². The zero-order valence-electron chi connectivity index (χ0n) is 9.84. The molecule has 1 fully saturated rings. The lowest BCUT2D eigenvalue weighted by molar-refractivity contribution is -0.350. The molecule has 0 spiro atoms. The molecule has 0 aliphatic carbocycles. The van der Waals surface area contributed by atoms with Crippen LogP contribution in [-0.4, -0.2) is 32.9 Å². The van der Waals surface area contributed by atoms with Crippen LogP contribution in [0.25, 0.3) is 0 Å². The number of alkyl halides is 8. The first-order chi connectivity index (χ1) is 8.41. The summed E-state index contributed by atoms with van der Waals surface area (Å²) in [6, 6.07) is 0. The van der Waals surface area contributed by atoms with E-state index in [9.17, 15) is 26.3 Å². The molecule has 0 aromatic heterocycles. The molecule has 0 saturated carbocycles. The average Bonchev–Trinajstić information content (AvgIpc) is 2.19. The van der Waals surface area contributed by atoms with Crippen molar-refractivity contribution in [2.24, 2.45) is 5.41 Å². The molecule has 1 heterocycles. The van der Waals surface area contributed by atoms with E-state index in [0.29, 0.717) is 8.86 Å². The fourth-order valence-corrected chi connectivity index (χ4v) is 4.48. The van der Waals surface area contributed by atoms with Crippen LogP contribution >= 0.6 is 45.2 Å². The fraction of sp³-hybridized carbons (Fsp3) is 1.00. The highest BCUT2D eigenvalue weighted by molar-refractivity contribution is 14.1. The van der Waals surface area contributed by atoms with Gasteiger partial charge in [0.1, 0.15) is 0 Å². The van der Waals surface area contributed by atoms with Crippen LogP contribution in [0.15, 0.2) is 0 Å². The molecular formula is C10H12F6I2O. The maximum absolute atomic E-state index is 12.7. The Balaban J connectivity index is 2.79. The molecule has 1 saturated heterocycles. The van der Waals surface area contributed by atoms with E-state index in [-0.39, 0.29) is 13.3 Å². The fourth-order valence-electron chi connectivity index (χ4n) is 1.93. The Bertz CT molecular complexity index is 301. The van der Waals surface area contributed by atoms with Crippen molar-refractivity contribution in [1.29, 1.82) is 0 Å². The smallest absolute Gasteiger partial charge is 0.370 e. The van der Waals surface area contributed by atoms with E-state index in [1.807, 2.05) is 45.2 Å². The maximum atomic E-state index is 12.7. The lowest BCUT2D eigenvalue weighted by Gasteiger charge is -2.49. The van der Waals surface area contributed by atoms with Crippen LogP contribution in [-0.2, 0) is 4.74 Å². The maximum Gasteiger partial charge on any atom is 0.403 e. The molecule has 0 bridgehead atoms. The third-order valence-electron chi connectivity index (χ3n) is 3.39. The highest BCUT2D eigenvalue weighted by Crippen LogP contribution is 2.55. The molecule has 1 nitrogen and oxygen atoms in total. The van der Waals surface area contributed by atoms with Gasteiger partial charge in [0, 0.05) is 15.3 Å². The Kier molecular flexibility index (Phi) is 5.37. The molecule has 1 unspecified atom stereocenters. The first kappa shape index (κ1) is 18.1. The predicted molar refractivity (Wildman–Crippen MR) is 74.8 cm³/mol. The quantitative estimate of drug-likeness (QED) is 0.294. The summed E-state index contributed by atoms with van der Waals surface area (Å²) in [5.74, 6) is 0. The molecule has 114 valence electrons. The molecule has 1 atom stereocenters. The molecule has 0 radical (unpaired) electrons. The normalized spacial score (nSPS) is 24.2. The molecule has 0 aromatic carbocycles. The molecule has 1 aliphatic rings. The van der Waals surface area contributed by atoms with E-state index in [1.165, 1.54) is 0 Å². The number of halogens is 8. The van der Waals surface area contributed by atoms with Gasteiger partial charge in [0.05, 0.1) is 11.7 Å². The van der Waals surface area contributed by atoms with Gasteiger partial charge in [-0.3, -0.25) is 0 Å². The summed E-state index contributed by atoms with van der Waals surface area (Å²) >= 11 is 4.05. The van der Waals surface area contributed by atoms with E-state index >= 15 is 0 Å². The molecular weight excluding hydrogens is 504 g/mol. The van der Waals surface area contributed by atoms with Crippen molar-refractivity contribution in [1.82, 2.24) is 0 Å². The SMILES string of the molecule is CC(CC1CC(CI)(CI)O1)(C(F)(F)F)C(F)(F)F. The third kappa shape index (κ3) is 3.43. The van der Waals surface area contributed by atoms with Gasteiger partial charge in [0.2, 0.25) is 0 Å². The van der Waals surface area contributed by atoms with E-state index in [4.69, 9.17) is 4.74 Å². The molecule has 1 aliphatic heterocycles. The predicted octanol–water partition coefficient (Wildman–Crippen LogP) is 4.91. The standard InChI is InChI=1S/C10H12F6I2O/c1-7(9(11,12)13,10(14,15)16)2-6-3-8(4-17,5-18)19-6/h6H,2-5H2,1H3. The van der Waals surface area contributed by atoms with Crippen molar-refractivity contribution in [3.63, 3.8) is 0 Å². The van der Waals surface area contributed by atoms with Gasteiger partial charge in [-0.2, -0.15) is 26.3 Å². The van der Waals surface area contributed by atoms with Gasteiger partial charge in [0.25, 0.3) is 0 Å². The topological polar surface area (TPSA) is 9.23 Å². The van der Waals surface area contributed by atoms with Crippen LogP contribution in [0.4, 0.5) is 26.3 Å². The summed E-state index contributed by atoms with van der Waals surface area (Å²) in [6.45, 7) is 0.199. The molecule has 19 heavy (non-hydrogen) atoms. The van der Waals surface area contributed by atoms with Crippen LogP contribution in [0.5, 0.6) is 0 Å². The molecule has 0 N–H and O–H groups in total. The largest absolute Gasteiger partial charge is 0.403 e. The first-order valence-corrected chi connectivity index (χ1v) is 8.39. The van der Waals surface area contributed by atoms with Crippen LogP contribution in [0.1, 0.15) is 19.8 Å². The lowest BCUT2D eigenvalue weighted by Crippen LogP contribution is -2.58. The van der Waals surface area contributed by atoms with E-state index < -0.39 is 35.9 Å². The zero-order valence-corrected chi connectivity index (χ0v) is 14.2. The number of hydrogen-bond acceptors (Lipinski definition) is 1. The van der Waals surface area contributed by atoms with Crippen molar-refractivity contribution in [2.45, 2.75) is 43.8 Å². The average molecular weight is 516 g/mol. The minimum Gasteiger partial charge on any atom is -0.370 e. The Morgan fingerprint density at radius 2 is 1.42 bits per heavy atom. The second kappa shape index (κ2) is 5.65. The number of ether oxygens (including phenoxy) is 1. The highest BCUT2D eigenvalue weighted by Gasteiger charge is 2.68. The van der Waals surface area contributed by atoms with Crippen LogP contribution < -0.4 is 0 Å². The van der Waals surface area contributed by atoms with Gasteiger partial charge in [-0.05, 0) is 13.3 Å². The second-order valence-electron chi connectivity index (χ2n) is 4.93. The Hall–Kier alpha value is 1.000. The van der Waals surface area contributed by atoms with Crippen molar-refractivity contribution >= 4 is 45.2 Å². The second-order valence-corrected chi connectivity index (χ2v) is 6.45. The van der Waals surface area contributed by atoms with E-state index in [0.717, 1.165) is 0 Å². The van der Waals surface area contributed by atoms with Gasteiger partial charge in [0.15, 0.2) is 5.41 Å². The van der Waals surface area contributed by atoms with Crippen LogP contribution in [0, 0.1) is 5.41 Å². The molecule has 1 rings (SSSR count). The highest BCUT2D eigenvalue weighted by atomic mass is 127. The van der Waals surface area contributed by atoms with Crippen molar-refractivity contribution in [3.8, 4) is 0 Å². The minimum atomic E-state index is -5.33. The third-order valence-corrected chi connectivity index (χ3v) is 6.17. The summed E-state index contributed by atoms with van der Waals surface area (Å²) in [5, 5.41) is 0. The minimum absolute atomic E-state index is 0.199. The number of hydrogen-bond donors (Lipinski definition) is 0. The summed E-state index contributed by atoms with van der Waals surface area (Å²) in [5.41, 5.74) is -4.28. The molecule has 9 heteroatoms. The lowest BCUT2D eigenvalue weighted by atomic mass is 9.78. The summed E-state index contributed by atoms with van der Waals surface area (Å²) < 4.78 is 82.6. The van der Waals surface area contributed by atoms with Gasteiger partial charge in [-0.15, -0.1) is 0 Å². The van der Waals surface area contributed by atoms with Gasteiger partial charge >= 0.3 is 12.4 Å². The number of rotatable bonds is 4. The van der Waals surface area contributed by atoms with Gasteiger partial charge in [-0.25, -0.2) is 0 Å². The first-order valence-electron chi connectivity index (χ1n) is 5.34. The monoisotopic (exact) mass is 516 g/mol. The molecule has 0 amide bonds. The van der Waals surface area contributed by atoms with Crippen molar-refractivity contribution < 1.29 is 31.1 Å². The summed E-state index contributed by atoms with van der Waals surface area (Å²) in [7, 11) is 0. The van der Waals surface area contributed by atoms with Crippen molar-refractivity contribution in [2.75, 3.05) is 8.86 Å². The Morgan fingerprint density at radius 1 is 1.05 bits per heavy atom. The molecule has 0 aromatic rings. The van der Waals surface area contributed by atoms with Gasteiger partial charge in [-0.1, -0.05) is 45.2 Å². The van der Waals surface area contributed by atoms with E-state index in [2.05, 4.69) is 0 Å². The summed E-state index contributed by atoms with van der Waals surface area (Å²) in [4.78, 5) is 0. The Morgan fingerprint density at radius 3 is 1.68 bits per heavy atom. The Labute approximate surface area is 134 Å².